The van der Waals surface area contributed by atoms with Crippen molar-refractivity contribution in [2.75, 3.05) is 17.5 Å². The van der Waals surface area contributed by atoms with E-state index in [0.29, 0.717) is 0 Å². The van der Waals surface area contributed by atoms with Gasteiger partial charge in [0.1, 0.15) is 0 Å². The van der Waals surface area contributed by atoms with Crippen LogP contribution in [-0.4, -0.2) is 17.5 Å². The van der Waals surface area contributed by atoms with Crippen molar-refractivity contribution in [1.29, 1.82) is 0 Å². The van der Waals surface area contributed by atoms with E-state index in [-0.39, 0.29) is 0 Å². The molecule has 0 aliphatic rings. The minimum Gasteiger partial charge on any atom is -0.317 e. The van der Waals surface area contributed by atoms with Crippen molar-refractivity contribution in [3.63, 3.8) is 0 Å². The first-order valence-electron chi connectivity index (χ1n) is 5.74. The molecule has 0 radical (unpaired) electrons. The molecular formula is C13H20IN. The molecule has 0 bridgehead atoms. The van der Waals surface area contributed by atoms with Gasteiger partial charge in [0.15, 0.2) is 0 Å². The average Bonchev–Trinajstić information content (AvgIpc) is 2.29. The van der Waals surface area contributed by atoms with E-state index < -0.39 is 0 Å². The third kappa shape index (κ3) is 6.90. The maximum Gasteiger partial charge on any atom is -0.000426 e. The number of halogens is 1. The summed E-state index contributed by atoms with van der Waals surface area (Å²) in [5.41, 5.74) is 1.45. The quantitative estimate of drug-likeness (QED) is 0.440. The minimum atomic E-state index is 1.15. The van der Waals surface area contributed by atoms with Crippen molar-refractivity contribution in [1.82, 2.24) is 5.32 Å². The van der Waals surface area contributed by atoms with Gasteiger partial charge in [-0.3, -0.25) is 0 Å². The fourth-order valence-corrected chi connectivity index (χ4v) is 2.07. The molecule has 1 N–H and O–H groups in total. The minimum absolute atomic E-state index is 1.15. The molecule has 0 saturated carbocycles. The van der Waals surface area contributed by atoms with Gasteiger partial charge >= 0.3 is 0 Å². The molecule has 0 saturated heterocycles. The van der Waals surface area contributed by atoms with Crippen LogP contribution in [0.1, 0.15) is 24.8 Å². The van der Waals surface area contributed by atoms with Crippen molar-refractivity contribution in [2.45, 2.75) is 25.7 Å². The summed E-state index contributed by atoms with van der Waals surface area (Å²) in [7, 11) is 0. The van der Waals surface area contributed by atoms with Crippen LogP contribution in [0.3, 0.4) is 0 Å². The number of rotatable bonds is 8. The molecule has 0 heterocycles. The molecule has 84 valence electrons. The Morgan fingerprint density at radius 3 is 2.40 bits per heavy atom. The molecule has 1 aromatic rings. The van der Waals surface area contributed by atoms with Gasteiger partial charge in [0.05, 0.1) is 0 Å². The second-order valence-electron chi connectivity index (χ2n) is 3.74. The lowest BCUT2D eigenvalue weighted by Gasteiger charge is -2.04. The maximum absolute atomic E-state index is 3.49. The molecule has 1 nitrogen and oxygen atoms in total. The fourth-order valence-electron chi connectivity index (χ4n) is 1.53. The predicted molar refractivity (Wildman–Crippen MR) is 75.8 cm³/mol. The number of unbranched alkanes of at least 4 members (excludes halogenated alkanes) is 1. The standard InChI is InChI=1S/C13H20IN/c14-10-4-5-11-15-12-6-9-13-7-2-1-3-8-13/h1-3,7-8,15H,4-6,9-12H2. The van der Waals surface area contributed by atoms with E-state index in [9.17, 15) is 0 Å². The Hall–Kier alpha value is -0.0900. The zero-order valence-electron chi connectivity index (χ0n) is 9.21. The lowest BCUT2D eigenvalue weighted by Crippen LogP contribution is -2.17. The highest BCUT2D eigenvalue weighted by Gasteiger charge is 1.91. The van der Waals surface area contributed by atoms with E-state index in [4.69, 9.17) is 0 Å². The summed E-state index contributed by atoms with van der Waals surface area (Å²) >= 11 is 2.44. The van der Waals surface area contributed by atoms with E-state index in [2.05, 4.69) is 58.2 Å². The summed E-state index contributed by atoms with van der Waals surface area (Å²) < 4.78 is 1.28. The van der Waals surface area contributed by atoms with Gasteiger partial charge in [-0.25, -0.2) is 0 Å². The van der Waals surface area contributed by atoms with Gasteiger partial charge in [-0.05, 0) is 48.8 Å². The van der Waals surface area contributed by atoms with E-state index in [0.717, 1.165) is 6.54 Å². The molecule has 0 aliphatic carbocycles. The Kier molecular flexibility index (Phi) is 7.92. The van der Waals surface area contributed by atoms with Crippen LogP contribution in [0.5, 0.6) is 0 Å². The monoisotopic (exact) mass is 317 g/mol. The second kappa shape index (κ2) is 9.16. The van der Waals surface area contributed by atoms with E-state index in [1.165, 1.54) is 42.2 Å². The van der Waals surface area contributed by atoms with Crippen molar-refractivity contribution < 1.29 is 0 Å². The number of aryl methyl sites for hydroxylation is 1. The molecule has 15 heavy (non-hydrogen) atoms. The summed E-state index contributed by atoms with van der Waals surface area (Å²) in [6.07, 6.45) is 5.09. The Bertz CT molecular complexity index is 236. The van der Waals surface area contributed by atoms with Crippen molar-refractivity contribution >= 4 is 22.6 Å². The molecule has 2 heteroatoms. The Balaban J connectivity index is 1.93. The zero-order valence-corrected chi connectivity index (χ0v) is 11.4. The maximum atomic E-state index is 3.49. The molecule has 0 atom stereocenters. The van der Waals surface area contributed by atoms with E-state index in [1.54, 1.807) is 0 Å². The lowest BCUT2D eigenvalue weighted by molar-refractivity contribution is 0.620. The van der Waals surface area contributed by atoms with Crippen LogP contribution in [-0.2, 0) is 6.42 Å². The van der Waals surface area contributed by atoms with E-state index >= 15 is 0 Å². The van der Waals surface area contributed by atoms with Crippen molar-refractivity contribution in [3.05, 3.63) is 35.9 Å². The number of benzene rings is 1. The smallest absolute Gasteiger partial charge is 0.000426 e. The first-order chi connectivity index (χ1) is 7.43. The Morgan fingerprint density at radius 2 is 1.67 bits per heavy atom. The van der Waals surface area contributed by atoms with Gasteiger partial charge in [-0.1, -0.05) is 52.9 Å². The SMILES string of the molecule is ICCCCNCCCc1ccccc1. The molecule has 1 rings (SSSR count). The van der Waals surface area contributed by atoms with Gasteiger partial charge < -0.3 is 5.32 Å². The molecule has 0 amide bonds. The molecule has 0 fully saturated rings. The van der Waals surface area contributed by atoms with Crippen LogP contribution in [0, 0.1) is 0 Å². The highest BCUT2D eigenvalue weighted by atomic mass is 127. The third-order valence-corrected chi connectivity index (χ3v) is 3.16. The normalized spacial score (nSPS) is 10.5. The highest BCUT2D eigenvalue weighted by Crippen LogP contribution is 2.01. The second-order valence-corrected chi connectivity index (χ2v) is 4.81. The first kappa shape index (κ1) is 13.0. The summed E-state index contributed by atoms with van der Waals surface area (Å²) in [6.45, 7) is 2.33. The van der Waals surface area contributed by atoms with Crippen LogP contribution in [0.2, 0.25) is 0 Å². The van der Waals surface area contributed by atoms with Crippen LogP contribution in [0.4, 0.5) is 0 Å². The number of hydrogen-bond donors (Lipinski definition) is 1. The summed E-state index contributed by atoms with van der Waals surface area (Å²) in [5, 5.41) is 3.49. The molecule has 1 aromatic carbocycles. The van der Waals surface area contributed by atoms with Crippen molar-refractivity contribution in [2.24, 2.45) is 0 Å². The topological polar surface area (TPSA) is 12.0 Å². The Morgan fingerprint density at radius 1 is 0.933 bits per heavy atom. The highest BCUT2D eigenvalue weighted by molar-refractivity contribution is 14.1. The predicted octanol–water partition coefficient (Wildman–Crippen LogP) is 3.42. The Labute approximate surface area is 107 Å². The fraction of sp³-hybridized carbons (Fsp3) is 0.538. The van der Waals surface area contributed by atoms with Gasteiger partial charge in [0.25, 0.3) is 0 Å². The lowest BCUT2D eigenvalue weighted by atomic mass is 10.1. The van der Waals surface area contributed by atoms with Gasteiger partial charge in [-0.2, -0.15) is 0 Å². The summed E-state index contributed by atoms with van der Waals surface area (Å²) in [4.78, 5) is 0. The molecule has 0 spiro atoms. The largest absolute Gasteiger partial charge is 0.317 e. The number of alkyl halides is 1. The van der Waals surface area contributed by atoms with Gasteiger partial charge in [0.2, 0.25) is 0 Å². The summed E-state index contributed by atoms with van der Waals surface area (Å²) in [5.74, 6) is 0. The van der Waals surface area contributed by atoms with E-state index in [1.807, 2.05) is 0 Å². The molecule has 0 unspecified atom stereocenters. The first-order valence-corrected chi connectivity index (χ1v) is 7.26. The van der Waals surface area contributed by atoms with Crippen LogP contribution in [0.25, 0.3) is 0 Å². The van der Waals surface area contributed by atoms with Crippen molar-refractivity contribution in [3.8, 4) is 0 Å². The molecule has 0 aromatic heterocycles. The number of hydrogen-bond acceptors (Lipinski definition) is 1. The summed E-state index contributed by atoms with van der Waals surface area (Å²) in [6, 6.07) is 10.7. The van der Waals surface area contributed by atoms with Crippen LogP contribution in [0.15, 0.2) is 30.3 Å². The molecule has 0 aliphatic heterocycles. The van der Waals surface area contributed by atoms with Crippen LogP contribution < -0.4 is 5.32 Å². The van der Waals surface area contributed by atoms with Gasteiger partial charge in [-0.15, -0.1) is 0 Å². The number of nitrogens with one attached hydrogen (secondary N) is 1. The average molecular weight is 317 g/mol. The third-order valence-electron chi connectivity index (χ3n) is 2.40. The van der Waals surface area contributed by atoms with Gasteiger partial charge in [0, 0.05) is 0 Å². The zero-order chi connectivity index (χ0) is 10.8. The van der Waals surface area contributed by atoms with Crippen LogP contribution >= 0.6 is 22.6 Å². The molecular weight excluding hydrogens is 297 g/mol.